The molecule has 4 N–H and O–H groups in total. The number of halogens is 3. The monoisotopic (exact) mass is 645 g/mol. The number of rotatable bonds is 8. The summed E-state index contributed by atoms with van der Waals surface area (Å²) < 4.78 is 13.9. The number of pyridine rings is 2. The average molecular weight is 647 g/mol. The third-order valence-electron chi connectivity index (χ3n) is 7.75. The van der Waals surface area contributed by atoms with E-state index < -0.39 is 11.9 Å². The Hall–Kier alpha value is -4.63. The summed E-state index contributed by atoms with van der Waals surface area (Å²) in [5.41, 5.74) is 10.7. The van der Waals surface area contributed by atoms with E-state index in [1.54, 1.807) is 18.5 Å². The number of nitriles is 1. The van der Waals surface area contributed by atoms with Crippen LogP contribution in [0.1, 0.15) is 54.2 Å². The number of fused-ring (bicyclic) bond motifs is 1. The van der Waals surface area contributed by atoms with E-state index in [9.17, 15) is 14.4 Å². The summed E-state index contributed by atoms with van der Waals surface area (Å²) in [7, 11) is 0. The number of hydrazine groups is 2. The van der Waals surface area contributed by atoms with E-state index in [4.69, 9.17) is 23.2 Å². The third-order valence-corrected chi connectivity index (χ3v) is 8.33. The molecule has 1 fully saturated rings. The van der Waals surface area contributed by atoms with Crippen molar-refractivity contribution in [2.75, 3.05) is 23.7 Å². The maximum absolute atomic E-state index is 13.9. The fourth-order valence-electron chi connectivity index (χ4n) is 5.39. The molecule has 2 aromatic heterocycles. The minimum absolute atomic E-state index is 0.0450. The summed E-state index contributed by atoms with van der Waals surface area (Å²) in [4.78, 5) is 24.0. The van der Waals surface area contributed by atoms with Gasteiger partial charge in [0.15, 0.2) is 0 Å². The first-order valence-electron chi connectivity index (χ1n) is 14.5. The normalized spacial score (nSPS) is 15.2. The highest BCUT2D eigenvalue weighted by atomic mass is 35.5. The van der Waals surface area contributed by atoms with Gasteiger partial charge in [-0.3, -0.25) is 19.8 Å². The first kappa shape index (κ1) is 30.4. The maximum atomic E-state index is 13.9. The molecular formula is C32H30Cl2FN9O. The van der Waals surface area contributed by atoms with Crippen molar-refractivity contribution in [1.82, 2.24) is 30.8 Å². The van der Waals surface area contributed by atoms with Crippen LogP contribution in [0.15, 0.2) is 66.9 Å². The summed E-state index contributed by atoms with van der Waals surface area (Å²) in [6, 6.07) is 11.5. The molecule has 0 spiro atoms. The number of hydrogen-bond acceptors (Lipinski definition) is 9. The van der Waals surface area contributed by atoms with Crippen molar-refractivity contribution in [2.45, 2.75) is 38.8 Å². The number of carbonyl (C=O) groups is 1. The van der Waals surface area contributed by atoms with Crippen molar-refractivity contribution in [3.8, 4) is 6.07 Å². The fraction of sp³-hybridized carbons (Fsp3) is 0.250. The highest BCUT2D eigenvalue weighted by molar-refractivity contribution is 6.36. The standard InChI is InChI=1S/C32H30Cl2FN9O/c1-18(2)44-17-28(41-42-44)30(19-9-20(15-37-14-19)32(45)43-7-3-4-8-43)40-23-10-24-29(39-22-5-6-27(35)25(33)11-22)21(13-36)16-38-31(24)26(34)12-23/h5-6,9-12,14-18,30,40-42H,3-4,7-8H2,1-2H3,(H,38,39)/t30-/m0/s1. The van der Waals surface area contributed by atoms with Gasteiger partial charge in [0.1, 0.15) is 11.9 Å². The van der Waals surface area contributed by atoms with Gasteiger partial charge in [-0.1, -0.05) is 23.2 Å². The number of carbonyl (C=O) groups excluding carboxylic acids is 1. The van der Waals surface area contributed by atoms with Gasteiger partial charge in [-0.05, 0) is 68.7 Å². The molecule has 230 valence electrons. The Balaban J connectivity index is 1.42. The van der Waals surface area contributed by atoms with Crippen molar-refractivity contribution in [3.63, 3.8) is 0 Å². The minimum atomic E-state index is -0.552. The molecule has 4 aromatic rings. The van der Waals surface area contributed by atoms with Crippen LogP contribution in [0.3, 0.4) is 0 Å². The van der Waals surface area contributed by atoms with Gasteiger partial charge in [-0.25, -0.2) is 4.39 Å². The summed E-state index contributed by atoms with van der Waals surface area (Å²) in [6.45, 7) is 5.58. The molecule has 2 aliphatic heterocycles. The molecule has 13 heteroatoms. The molecule has 45 heavy (non-hydrogen) atoms. The Morgan fingerprint density at radius 2 is 1.84 bits per heavy atom. The zero-order chi connectivity index (χ0) is 31.7. The molecule has 0 saturated carbocycles. The Morgan fingerprint density at radius 1 is 1.07 bits per heavy atom. The molecule has 1 amide bonds. The number of nitrogens with zero attached hydrogens (tertiary/aromatic N) is 5. The van der Waals surface area contributed by atoms with E-state index >= 15 is 0 Å². The first-order valence-corrected chi connectivity index (χ1v) is 15.2. The topological polar surface area (TPSA) is 121 Å². The van der Waals surface area contributed by atoms with Crippen LogP contribution >= 0.6 is 23.2 Å². The lowest BCUT2D eigenvalue weighted by atomic mass is 10.0. The lowest BCUT2D eigenvalue weighted by Gasteiger charge is -2.23. The number of aromatic nitrogens is 2. The Morgan fingerprint density at radius 3 is 2.56 bits per heavy atom. The van der Waals surface area contributed by atoms with Crippen molar-refractivity contribution < 1.29 is 9.18 Å². The predicted octanol–water partition coefficient (Wildman–Crippen LogP) is 6.65. The van der Waals surface area contributed by atoms with E-state index in [0.29, 0.717) is 38.6 Å². The van der Waals surface area contributed by atoms with E-state index in [0.717, 1.165) is 37.2 Å². The van der Waals surface area contributed by atoms with Crippen LogP contribution in [0.25, 0.3) is 10.9 Å². The molecular weight excluding hydrogens is 616 g/mol. The minimum Gasteiger partial charge on any atom is -0.373 e. The van der Waals surface area contributed by atoms with Crippen molar-refractivity contribution in [2.24, 2.45) is 0 Å². The SMILES string of the molecule is CC(C)N1C=C([C@@H](Nc2cc(Cl)c3ncc(C#N)c(Nc4ccc(F)c(Cl)c4)c3c2)c2cncc(C(=O)N3CCCC3)c2)NN1. The molecule has 2 aliphatic rings. The maximum Gasteiger partial charge on any atom is 0.255 e. The Labute approximate surface area is 269 Å². The summed E-state index contributed by atoms with van der Waals surface area (Å²) in [5.74, 6) is -0.597. The van der Waals surface area contributed by atoms with Crippen LogP contribution in [0.5, 0.6) is 0 Å². The number of amides is 1. The zero-order valence-corrected chi connectivity index (χ0v) is 26.0. The van der Waals surface area contributed by atoms with Gasteiger partial charge in [0, 0.05) is 60.7 Å². The second-order valence-corrected chi connectivity index (χ2v) is 12.0. The van der Waals surface area contributed by atoms with Gasteiger partial charge in [-0.2, -0.15) is 5.26 Å². The second-order valence-electron chi connectivity index (χ2n) is 11.2. The molecule has 0 aliphatic carbocycles. The number of benzene rings is 2. The van der Waals surface area contributed by atoms with Crippen LogP contribution in [0.2, 0.25) is 10.0 Å². The molecule has 0 bridgehead atoms. The Kier molecular flexibility index (Phi) is 8.63. The van der Waals surface area contributed by atoms with Gasteiger partial charge < -0.3 is 21.0 Å². The molecule has 10 nitrogen and oxygen atoms in total. The smallest absolute Gasteiger partial charge is 0.255 e. The quantitative estimate of drug-likeness (QED) is 0.167. The van der Waals surface area contributed by atoms with Crippen LogP contribution in [-0.2, 0) is 0 Å². The van der Waals surface area contributed by atoms with E-state index in [-0.39, 0.29) is 22.5 Å². The molecule has 2 aromatic carbocycles. The van der Waals surface area contributed by atoms with Gasteiger partial charge in [0.2, 0.25) is 0 Å². The molecule has 6 rings (SSSR count). The molecule has 0 radical (unpaired) electrons. The van der Waals surface area contributed by atoms with Crippen LogP contribution in [0, 0.1) is 17.1 Å². The molecule has 1 atom stereocenters. The second kappa shape index (κ2) is 12.8. The average Bonchev–Trinajstić information content (AvgIpc) is 3.75. The summed E-state index contributed by atoms with van der Waals surface area (Å²) in [6.07, 6.45) is 8.70. The highest BCUT2D eigenvalue weighted by Crippen LogP contribution is 2.37. The Bertz CT molecular complexity index is 1850. The van der Waals surface area contributed by atoms with Gasteiger partial charge in [-0.15, -0.1) is 5.53 Å². The van der Waals surface area contributed by atoms with Gasteiger partial charge in [0.05, 0.1) is 44.1 Å². The zero-order valence-electron chi connectivity index (χ0n) is 24.5. The molecule has 1 saturated heterocycles. The number of hydrogen-bond donors (Lipinski definition) is 4. The number of nitrogens with one attached hydrogen (secondary N) is 4. The number of anilines is 3. The third kappa shape index (κ3) is 6.31. The lowest BCUT2D eigenvalue weighted by Crippen LogP contribution is -2.41. The summed E-state index contributed by atoms with van der Waals surface area (Å²) in [5, 5.41) is 19.5. The molecule has 0 unspecified atom stereocenters. The van der Waals surface area contributed by atoms with Gasteiger partial charge in [0.25, 0.3) is 5.91 Å². The lowest BCUT2D eigenvalue weighted by molar-refractivity contribution is 0.0792. The summed E-state index contributed by atoms with van der Waals surface area (Å²) >= 11 is 12.8. The van der Waals surface area contributed by atoms with Gasteiger partial charge >= 0.3 is 0 Å². The van der Waals surface area contributed by atoms with Crippen LogP contribution in [-0.4, -0.2) is 44.9 Å². The van der Waals surface area contributed by atoms with Crippen molar-refractivity contribution >= 4 is 57.1 Å². The van der Waals surface area contributed by atoms with Crippen LogP contribution in [0.4, 0.5) is 21.5 Å². The van der Waals surface area contributed by atoms with Crippen molar-refractivity contribution in [1.29, 1.82) is 5.26 Å². The first-order chi connectivity index (χ1) is 21.7. The van der Waals surface area contributed by atoms with E-state index in [2.05, 4.69) is 51.5 Å². The van der Waals surface area contributed by atoms with Crippen LogP contribution < -0.4 is 21.6 Å². The largest absolute Gasteiger partial charge is 0.373 e. The fourth-order valence-corrected chi connectivity index (χ4v) is 5.84. The number of likely N-dealkylation sites (tertiary alicyclic amines) is 1. The van der Waals surface area contributed by atoms with E-state index in [1.807, 2.05) is 28.2 Å². The molecule has 4 heterocycles. The van der Waals surface area contributed by atoms with E-state index in [1.165, 1.54) is 24.4 Å². The predicted molar refractivity (Wildman–Crippen MR) is 173 cm³/mol. The van der Waals surface area contributed by atoms with Crippen molar-refractivity contribution in [3.05, 3.63) is 99.4 Å². The highest BCUT2D eigenvalue weighted by Gasteiger charge is 2.27.